The van der Waals surface area contributed by atoms with Gasteiger partial charge in [-0.25, -0.2) is 4.39 Å². The monoisotopic (exact) mass is 290 g/mol. The molecule has 3 nitrogen and oxygen atoms in total. The molecule has 3 rings (SSSR count). The number of hydrogen-bond acceptors (Lipinski definition) is 2. The highest BCUT2D eigenvalue weighted by molar-refractivity contribution is 6.31. The molecule has 0 saturated heterocycles. The average molecular weight is 291 g/mol. The fraction of sp³-hybridized carbons (Fsp3) is 0.133. The lowest BCUT2D eigenvalue weighted by Gasteiger charge is -2.18. The van der Waals surface area contributed by atoms with Crippen molar-refractivity contribution >= 4 is 23.2 Å². The number of nitrogens with two attached hydrogens (primary N) is 1. The molecule has 1 aliphatic rings. The second-order valence-electron chi connectivity index (χ2n) is 4.70. The molecule has 2 N–H and O–H groups in total. The minimum absolute atomic E-state index is 0.245. The number of fused-ring (bicyclic) bond motifs is 1. The summed E-state index contributed by atoms with van der Waals surface area (Å²) in [6.07, 6.45) is 0. The highest BCUT2D eigenvalue weighted by Crippen LogP contribution is 2.36. The normalized spacial score (nSPS) is 17.4. The van der Waals surface area contributed by atoms with E-state index >= 15 is 0 Å². The first kappa shape index (κ1) is 13.1. The Hall–Kier alpha value is -1.91. The van der Waals surface area contributed by atoms with Crippen LogP contribution in [0.5, 0.6) is 0 Å². The average Bonchev–Trinajstić information content (AvgIpc) is 2.66. The zero-order chi connectivity index (χ0) is 14.3. The van der Waals surface area contributed by atoms with E-state index in [0.29, 0.717) is 22.8 Å². The summed E-state index contributed by atoms with van der Waals surface area (Å²) in [6.45, 7) is 0.324. The Morgan fingerprint density at radius 2 is 2.00 bits per heavy atom. The van der Waals surface area contributed by atoms with E-state index in [4.69, 9.17) is 17.3 Å². The minimum Gasteiger partial charge on any atom is -0.316 e. The summed E-state index contributed by atoms with van der Waals surface area (Å²) in [4.78, 5) is 13.8. The zero-order valence-corrected chi connectivity index (χ0v) is 11.3. The van der Waals surface area contributed by atoms with Crippen LogP contribution in [0.2, 0.25) is 5.02 Å². The summed E-state index contributed by atoms with van der Waals surface area (Å²) >= 11 is 6.11. The maximum atomic E-state index is 13.3. The van der Waals surface area contributed by atoms with E-state index in [9.17, 15) is 9.18 Å². The van der Waals surface area contributed by atoms with Crippen molar-refractivity contribution in [3.8, 4) is 0 Å². The first-order valence-corrected chi connectivity index (χ1v) is 6.55. The maximum absolute atomic E-state index is 13.3. The summed E-state index contributed by atoms with van der Waals surface area (Å²) in [7, 11) is 0. The molecule has 0 aliphatic carbocycles. The lowest BCUT2D eigenvalue weighted by Crippen LogP contribution is -2.31. The van der Waals surface area contributed by atoms with Crippen molar-refractivity contribution in [1.29, 1.82) is 0 Å². The Kier molecular flexibility index (Phi) is 3.20. The molecule has 5 heteroatoms. The molecule has 1 aliphatic heterocycles. The standard InChI is InChI=1S/C15H12ClFN2O/c16-12-4-2-1-3-9(12)8-19-13-6-5-10(17)7-11(13)14(18)15(19)20/h1-7,14H,8,18H2. The molecule has 20 heavy (non-hydrogen) atoms. The van der Waals surface area contributed by atoms with Crippen LogP contribution in [-0.2, 0) is 11.3 Å². The molecule has 1 amide bonds. The smallest absolute Gasteiger partial charge is 0.248 e. The molecule has 102 valence electrons. The van der Waals surface area contributed by atoms with Gasteiger partial charge in [0.15, 0.2) is 0 Å². The number of carbonyl (C=O) groups is 1. The van der Waals surface area contributed by atoms with Gasteiger partial charge in [0.05, 0.1) is 6.54 Å². The van der Waals surface area contributed by atoms with Crippen molar-refractivity contribution < 1.29 is 9.18 Å². The van der Waals surface area contributed by atoms with Crippen molar-refractivity contribution in [1.82, 2.24) is 0 Å². The van der Waals surface area contributed by atoms with Crippen molar-refractivity contribution in [3.05, 3.63) is 64.4 Å². The van der Waals surface area contributed by atoms with Crippen molar-refractivity contribution in [2.24, 2.45) is 5.73 Å². The van der Waals surface area contributed by atoms with Gasteiger partial charge in [-0.05, 0) is 29.8 Å². The number of halogens is 2. The second kappa shape index (κ2) is 4.89. The Balaban J connectivity index is 2.00. The van der Waals surface area contributed by atoms with Gasteiger partial charge in [0.2, 0.25) is 5.91 Å². The summed E-state index contributed by atoms with van der Waals surface area (Å²) in [5, 5.41) is 0.587. The number of hydrogen-bond donors (Lipinski definition) is 1. The molecule has 0 saturated carbocycles. The SMILES string of the molecule is NC1C(=O)N(Cc2ccccc2Cl)c2ccc(F)cc21. The number of anilines is 1. The molecule has 1 unspecified atom stereocenters. The van der Waals surface area contributed by atoms with Crippen LogP contribution in [0.1, 0.15) is 17.2 Å². The van der Waals surface area contributed by atoms with Gasteiger partial charge in [-0.1, -0.05) is 29.8 Å². The van der Waals surface area contributed by atoms with Crippen molar-refractivity contribution in [2.75, 3.05) is 4.90 Å². The third kappa shape index (κ3) is 2.07. The van der Waals surface area contributed by atoms with Crippen LogP contribution >= 0.6 is 11.6 Å². The molecule has 1 heterocycles. The van der Waals surface area contributed by atoms with E-state index in [-0.39, 0.29) is 5.91 Å². The predicted octanol–water partition coefficient (Wildman–Crippen LogP) is 3.03. The van der Waals surface area contributed by atoms with Crippen LogP contribution in [0, 0.1) is 5.82 Å². The molecule has 0 fully saturated rings. The highest BCUT2D eigenvalue weighted by Gasteiger charge is 2.35. The largest absolute Gasteiger partial charge is 0.316 e. The first-order valence-electron chi connectivity index (χ1n) is 6.18. The van der Waals surface area contributed by atoms with Gasteiger partial charge in [0, 0.05) is 16.3 Å². The molecule has 1 atom stereocenters. The second-order valence-corrected chi connectivity index (χ2v) is 5.10. The van der Waals surface area contributed by atoms with Crippen molar-refractivity contribution in [2.45, 2.75) is 12.6 Å². The van der Waals surface area contributed by atoms with Crippen LogP contribution in [0.25, 0.3) is 0 Å². The Morgan fingerprint density at radius 3 is 2.75 bits per heavy atom. The summed E-state index contributed by atoms with van der Waals surface area (Å²) in [5.41, 5.74) is 7.83. The summed E-state index contributed by atoms with van der Waals surface area (Å²) < 4.78 is 13.3. The molecule has 0 spiro atoms. The van der Waals surface area contributed by atoms with E-state index in [1.807, 2.05) is 18.2 Å². The number of benzene rings is 2. The van der Waals surface area contributed by atoms with Gasteiger partial charge in [0.25, 0.3) is 0 Å². The third-order valence-electron chi connectivity index (χ3n) is 3.43. The predicted molar refractivity (Wildman–Crippen MR) is 76.0 cm³/mol. The van der Waals surface area contributed by atoms with Crippen LogP contribution < -0.4 is 10.6 Å². The first-order chi connectivity index (χ1) is 9.58. The molecular weight excluding hydrogens is 279 g/mol. The zero-order valence-electron chi connectivity index (χ0n) is 10.5. The fourth-order valence-corrected chi connectivity index (χ4v) is 2.60. The number of carbonyl (C=O) groups excluding carboxylic acids is 1. The van der Waals surface area contributed by atoms with Crippen LogP contribution in [0.3, 0.4) is 0 Å². The molecule has 2 aromatic carbocycles. The molecule has 2 aromatic rings. The number of rotatable bonds is 2. The highest BCUT2D eigenvalue weighted by atomic mass is 35.5. The Labute approximate surface area is 120 Å². The lowest BCUT2D eigenvalue weighted by atomic mass is 10.1. The van der Waals surface area contributed by atoms with Gasteiger partial charge in [-0.2, -0.15) is 0 Å². The minimum atomic E-state index is -0.816. The molecule has 0 aromatic heterocycles. The quantitative estimate of drug-likeness (QED) is 0.924. The van der Waals surface area contributed by atoms with Gasteiger partial charge >= 0.3 is 0 Å². The lowest BCUT2D eigenvalue weighted by molar-refractivity contribution is -0.119. The maximum Gasteiger partial charge on any atom is 0.248 e. The van der Waals surface area contributed by atoms with E-state index in [0.717, 1.165) is 5.56 Å². The number of amides is 1. The van der Waals surface area contributed by atoms with E-state index in [1.165, 1.54) is 12.1 Å². The van der Waals surface area contributed by atoms with Gasteiger partial charge in [-0.15, -0.1) is 0 Å². The van der Waals surface area contributed by atoms with E-state index in [2.05, 4.69) is 0 Å². The molecule has 0 radical (unpaired) electrons. The van der Waals surface area contributed by atoms with E-state index in [1.54, 1.807) is 17.0 Å². The Morgan fingerprint density at radius 1 is 1.25 bits per heavy atom. The van der Waals surface area contributed by atoms with Crippen LogP contribution in [0.4, 0.5) is 10.1 Å². The van der Waals surface area contributed by atoms with Crippen LogP contribution in [-0.4, -0.2) is 5.91 Å². The summed E-state index contributed by atoms with van der Waals surface area (Å²) in [6, 6.07) is 10.7. The Bertz CT molecular complexity index is 689. The van der Waals surface area contributed by atoms with Crippen LogP contribution in [0.15, 0.2) is 42.5 Å². The number of nitrogens with zero attached hydrogens (tertiary/aromatic N) is 1. The van der Waals surface area contributed by atoms with E-state index < -0.39 is 11.9 Å². The van der Waals surface area contributed by atoms with Gasteiger partial charge in [-0.3, -0.25) is 4.79 Å². The van der Waals surface area contributed by atoms with Gasteiger partial charge in [0.1, 0.15) is 11.9 Å². The summed E-state index contributed by atoms with van der Waals surface area (Å²) in [5.74, 6) is -0.642. The fourth-order valence-electron chi connectivity index (χ4n) is 2.40. The molecule has 0 bridgehead atoms. The third-order valence-corrected chi connectivity index (χ3v) is 3.80. The van der Waals surface area contributed by atoms with Gasteiger partial charge < -0.3 is 10.6 Å². The topological polar surface area (TPSA) is 46.3 Å². The van der Waals surface area contributed by atoms with Crippen molar-refractivity contribution in [3.63, 3.8) is 0 Å². The molecular formula is C15H12ClFN2O.